The van der Waals surface area contributed by atoms with Gasteiger partial charge in [-0.1, -0.05) is 44.2 Å². The van der Waals surface area contributed by atoms with Crippen molar-refractivity contribution in [3.05, 3.63) is 65.7 Å². The van der Waals surface area contributed by atoms with Gasteiger partial charge in [-0.3, -0.25) is 4.79 Å². The normalized spacial score (nSPS) is 20.8. The van der Waals surface area contributed by atoms with Crippen LogP contribution in [0.3, 0.4) is 0 Å². The molecule has 182 valence electrons. The molecule has 0 aromatic heterocycles. The molecule has 1 heterocycles. The van der Waals surface area contributed by atoms with Crippen LogP contribution in [0.2, 0.25) is 0 Å². The van der Waals surface area contributed by atoms with Gasteiger partial charge in [-0.2, -0.15) is 0 Å². The number of benzene rings is 2. The van der Waals surface area contributed by atoms with E-state index in [2.05, 4.69) is 5.32 Å². The van der Waals surface area contributed by atoms with Gasteiger partial charge < -0.3 is 14.8 Å². The summed E-state index contributed by atoms with van der Waals surface area (Å²) in [6.45, 7) is 11.1. The van der Waals surface area contributed by atoms with E-state index in [0.29, 0.717) is 24.2 Å². The van der Waals surface area contributed by atoms with Gasteiger partial charge in [0.15, 0.2) is 6.23 Å². The number of amides is 3. The zero-order chi connectivity index (χ0) is 25.1. The molecule has 0 spiro atoms. The SMILES string of the molecule is CC[C@H](NC(=O)N1C(=O)[C@](C)(CC)[C@@H]1Oc1ccc(C(=O)OC(C)(C)C)cc1)c1ccccc1. The summed E-state index contributed by atoms with van der Waals surface area (Å²) >= 11 is 0. The number of ether oxygens (including phenoxy) is 2. The Morgan fingerprint density at radius 2 is 1.68 bits per heavy atom. The van der Waals surface area contributed by atoms with Crippen molar-refractivity contribution in [3.8, 4) is 5.75 Å². The Morgan fingerprint density at radius 3 is 2.21 bits per heavy atom. The monoisotopic (exact) mass is 466 g/mol. The topological polar surface area (TPSA) is 84.9 Å². The van der Waals surface area contributed by atoms with E-state index < -0.39 is 29.2 Å². The minimum atomic E-state index is -0.824. The molecule has 0 unspecified atom stereocenters. The molecule has 2 aromatic carbocycles. The molecule has 1 aliphatic heterocycles. The molecular weight excluding hydrogens is 432 g/mol. The van der Waals surface area contributed by atoms with E-state index in [0.717, 1.165) is 10.5 Å². The van der Waals surface area contributed by atoms with Crippen LogP contribution in [-0.2, 0) is 9.53 Å². The number of hydrogen-bond acceptors (Lipinski definition) is 5. The first-order valence-electron chi connectivity index (χ1n) is 11.7. The van der Waals surface area contributed by atoms with Crippen molar-refractivity contribution in [2.24, 2.45) is 5.41 Å². The van der Waals surface area contributed by atoms with Crippen LogP contribution < -0.4 is 10.1 Å². The number of carbonyl (C=O) groups excluding carboxylic acids is 3. The lowest BCUT2D eigenvalue weighted by Crippen LogP contribution is -2.72. The van der Waals surface area contributed by atoms with Crippen LogP contribution in [0, 0.1) is 5.41 Å². The summed E-state index contributed by atoms with van der Waals surface area (Å²) in [4.78, 5) is 39.5. The molecule has 34 heavy (non-hydrogen) atoms. The molecule has 7 heteroatoms. The van der Waals surface area contributed by atoms with Gasteiger partial charge in [0.1, 0.15) is 16.8 Å². The fraction of sp³-hybridized carbons (Fsp3) is 0.444. The third-order valence-electron chi connectivity index (χ3n) is 6.08. The second kappa shape index (κ2) is 9.87. The summed E-state index contributed by atoms with van der Waals surface area (Å²) < 4.78 is 11.5. The van der Waals surface area contributed by atoms with Crippen molar-refractivity contribution >= 4 is 17.9 Å². The van der Waals surface area contributed by atoms with E-state index in [1.807, 2.05) is 65.0 Å². The number of esters is 1. The fourth-order valence-corrected chi connectivity index (χ4v) is 3.87. The summed E-state index contributed by atoms with van der Waals surface area (Å²) in [5.74, 6) is -0.244. The summed E-state index contributed by atoms with van der Waals surface area (Å²) in [5.41, 5.74) is -0.0469. The van der Waals surface area contributed by atoms with Crippen molar-refractivity contribution in [2.75, 3.05) is 0 Å². The lowest BCUT2D eigenvalue weighted by molar-refractivity contribution is -0.186. The van der Waals surface area contributed by atoms with Gasteiger partial charge in [-0.25, -0.2) is 14.5 Å². The molecule has 7 nitrogen and oxygen atoms in total. The molecular formula is C27H34N2O5. The molecule has 1 fully saturated rings. The van der Waals surface area contributed by atoms with E-state index in [1.54, 1.807) is 31.2 Å². The third kappa shape index (κ3) is 5.24. The summed E-state index contributed by atoms with van der Waals surface area (Å²) in [6, 6.07) is 15.5. The van der Waals surface area contributed by atoms with Gasteiger partial charge >= 0.3 is 12.0 Å². The highest BCUT2D eigenvalue weighted by Gasteiger charge is 2.61. The van der Waals surface area contributed by atoms with Crippen LogP contribution in [-0.4, -0.2) is 34.6 Å². The highest BCUT2D eigenvalue weighted by atomic mass is 16.6. The minimum absolute atomic E-state index is 0.219. The van der Waals surface area contributed by atoms with Gasteiger partial charge in [-0.15, -0.1) is 0 Å². The maximum Gasteiger partial charge on any atom is 0.338 e. The number of β-lactam (4-membered cyclic amide) rings is 1. The predicted molar refractivity (Wildman–Crippen MR) is 129 cm³/mol. The largest absolute Gasteiger partial charge is 0.469 e. The van der Waals surface area contributed by atoms with Crippen molar-refractivity contribution in [1.82, 2.24) is 10.2 Å². The van der Waals surface area contributed by atoms with Crippen LogP contribution in [0.1, 0.15) is 76.3 Å². The molecule has 1 aliphatic rings. The van der Waals surface area contributed by atoms with Gasteiger partial charge in [0.2, 0.25) is 5.91 Å². The standard InChI is InChI=1S/C27H34N2O5/c1-7-21(18-12-10-9-11-13-18)28-25(32)29-23(31)27(6,8-2)24(29)33-20-16-14-19(15-17-20)22(30)34-26(3,4)5/h9-17,21,24H,7-8H2,1-6H3,(H,28,32)/t21-,24-,27-/m0/s1. The van der Waals surface area contributed by atoms with Crippen molar-refractivity contribution < 1.29 is 23.9 Å². The first-order valence-corrected chi connectivity index (χ1v) is 11.7. The maximum absolute atomic E-state index is 13.1. The first-order chi connectivity index (χ1) is 16.0. The molecule has 0 bridgehead atoms. The lowest BCUT2D eigenvalue weighted by Gasteiger charge is -2.51. The number of nitrogens with zero attached hydrogens (tertiary/aromatic N) is 1. The molecule has 1 N–H and O–H groups in total. The van der Waals surface area contributed by atoms with E-state index in [9.17, 15) is 14.4 Å². The summed E-state index contributed by atoms with van der Waals surface area (Å²) in [7, 11) is 0. The van der Waals surface area contributed by atoms with Crippen LogP contribution >= 0.6 is 0 Å². The Kier molecular flexibility index (Phi) is 7.34. The smallest absolute Gasteiger partial charge is 0.338 e. The molecule has 3 atom stereocenters. The number of urea groups is 1. The molecule has 0 radical (unpaired) electrons. The zero-order valence-electron chi connectivity index (χ0n) is 20.8. The van der Waals surface area contributed by atoms with Gasteiger partial charge in [-0.05, 0) is 70.4 Å². The molecule has 3 rings (SSSR count). The van der Waals surface area contributed by atoms with E-state index in [1.165, 1.54) is 0 Å². The van der Waals surface area contributed by atoms with Crippen molar-refractivity contribution in [3.63, 3.8) is 0 Å². The first kappa shape index (κ1) is 25.3. The van der Waals surface area contributed by atoms with Crippen LogP contribution in [0.4, 0.5) is 4.79 Å². The number of nitrogens with one attached hydrogen (secondary N) is 1. The van der Waals surface area contributed by atoms with E-state index >= 15 is 0 Å². The highest BCUT2D eigenvalue weighted by molar-refractivity contribution is 6.03. The second-order valence-corrected chi connectivity index (χ2v) is 9.76. The van der Waals surface area contributed by atoms with Crippen LogP contribution in [0.5, 0.6) is 5.75 Å². The predicted octanol–water partition coefficient (Wildman–Crippen LogP) is 5.47. The number of likely N-dealkylation sites (tertiary alicyclic amines) is 1. The van der Waals surface area contributed by atoms with Crippen molar-refractivity contribution in [2.45, 2.75) is 72.3 Å². The number of carbonyl (C=O) groups is 3. The Morgan fingerprint density at radius 1 is 1.06 bits per heavy atom. The van der Waals surface area contributed by atoms with E-state index in [4.69, 9.17) is 9.47 Å². The second-order valence-electron chi connectivity index (χ2n) is 9.76. The van der Waals surface area contributed by atoms with Gasteiger partial charge in [0, 0.05) is 0 Å². The molecule has 2 aromatic rings. The Labute approximate surface area is 201 Å². The number of imide groups is 1. The molecule has 1 saturated heterocycles. The molecule has 0 saturated carbocycles. The average molecular weight is 467 g/mol. The number of rotatable bonds is 7. The highest BCUT2D eigenvalue weighted by Crippen LogP contribution is 2.43. The Balaban J connectivity index is 1.75. The molecule has 0 aliphatic carbocycles. The fourth-order valence-electron chi connectivity index (χ4n) is 3.87. The number of hydrogen-bond donors (Lipinski definition) is 1. The summed E-state index contributed by atoms with van der Waals surface area (Å²) in [6.07, 6.45) is 0.442. The van der Waals surface area contributed by atoms with Crippen molar-refractivity contribution in [1.29, 1.82) is 0 Å². The minimum Gasteiger partial charge on any atom is -0.469 e. The van der Waals surface area contributed by atoms with Crippen LogP contribution in [0.15, 0.2) is 54.6 Å². The Hall–Kier alpha value is -3.35. The van der Waals surface area contributed by atoms with Gasteiger partial charge in [0.25, 0.3) is 0 Å². The quantitative estimate of drug-likeness (QED) is 0.432. The molecule has 3 amide bonds. The Bertz CT molecular complexity index is 1030. The van der Waals surface area contributed by atoms with Gasteiger partial charge in [0.05, 0.1) is 11.6 Å². The van der Waals surface area contributed by atoms with E-state index in [-0.39, 0.29) is 11.9 Å². The average Bonchev–Trinajstić information content (AvgIpc) is 2.81. The van der Waals surface area contributed by atoms with Crippen LogP contribution in [0.25, 0.3) is 0 Å². The zero-order valence-corrected chi connectivity index (χ0v) is 20.8. The summed E-state index contributed by atoms with van der Waals surface area (Å²) in [5, 5.41) is 2.96. The maximum atomic E-state index is 13.1. The lowest BCUT2D eigenvalue weighted by atomic mass is 9.76. The third-order valence-corrected chi connectivity index (χ3v) is 6.08.